The zero-order chi connectivity index (χ0) is 15.0. The highest BCUT2D eigenvalue weighted by Crippen LogP contribution is 2.30. The number of carbonyl (C=O) groups excluding carboxylic acids is 1. The van der Waals surface area contributed by atoms with E-state index in [0.717, 1.165) is 45.7 Å². The zero-order valence-corrected chi connectivity index (χ0v) is 13.8. The summed E-state index contributed by atoms with van der Waals surface area (Å²) >= 11 is 0. The molecule has 0 saturated carbocycles. The van der Waals surface area contributed by atoms with Gasteiger partial charge in [-0.2, -0.15) is 0 Å². The molecule has 5 heteroatoms. The van der Waals surface area contributed by atoms with Crippen LogP contribution in [0, 0.1) is 0 Å². The molecule has 120 valence electrons. The van der Waals surface area contributed by atoms with Gasteiger partial charge in [0, 0.05) is 51.4 Å². The molecule has 3 aliphatic rings. The molecule has 1 amide bonds. The number of nitrogens with zero attached hydrogens (tertiary/aromatic N) is 3. The largest absolute Gasteiger partial charge is 0.339 e. The van der Waals surface area contributed by atoms with Crippen LogP contribution in [0.25, 0.3) is 0 Å². The Morgan fingerprint density at radius 1 is 1.05 bits per heavy atom. The molecule has 3 rings (SSSR count). The second kappa shape index (κ2) is 5.86. The van der Waals surface area contributed by atoms with Crippen molar-refractivity contribution in [2.24, 2.45) is 0 Å². The van der Waals surface area contributed by atoms with E-state index in [4.69, 9.17) is 0 Å². The second-order valence-corrected chi connectivity index (χ2v) is 7.39. The highest BCUT2D eigenvalue weighted by atomic mass is 16.2. The first kappa shape index (κ1) is 15.3. The maximum absolute atomic E-state index is 13.1. The fourth-order valence-electron chi connectivity index (χ4n) is 4.24. The molecule has 5 nitrogen and oxygen atoms in total. The van der Waals surface area contributed by atoms with Gasteiger partial charge < -0.3 is 10.2 Å². The number of piperazine rings is 1. The van der Waals surface area contributed by atoms with Crippen LogP contribution in [-0.2, 0) is 4.79 Å². The molecule has 3 aliphatic heterocycles. The molecule has 2 unspecified atom stereocenters. The Labute approximate surface area is 128 Å². The van der Waals surface area contributed by atoms with Crippen molar-refractivity contribution in [1.29, 1.82) is 0 Å². The van der Waals surface area contributed by atoms with Crippen LogP contribution in [-0.4, -0.2) is 84.5 Å². The molecule has 3 saturated heterocycles. The van der Waals surface area contributed by atoms with E-state index in [2.05, 4.69) is 40.9 Å². The number of rotatable bonds is 2. The van der Waals surface area contributed by atoms with Gasteiger partial charge in [0.25, 0.3) is 0 Å². The fraction of sp³-hybridized carbons (Fsp3) is 0.938. The number of fused-ring (bicyclic) bond motifs is 2. The van der Waals surface area contributed by atoms with Gasteiger partial charge in [0.1, 0.15) is 0 Å². The monoisotopic (exact) mass is 294 g/mol. The smallest absolute Gasteiger partial charge is 0.242 e. The first-order chi connectivity index (χ1) is 10.00. The lowest BCUT2D eigenvalue weighted by Gasteiger charge is -2.42. The molecular formula is C16H30N4O. The van der Waals surface area contributed by atoms with Crippen molar-refractivity contribution in [1.82, 2.24) is 20.0 Å². The molecule has 0 aromatic heterocycles. The van der Waals surface area contributed by atoms with E-state index in [9.17, 15) is 4.79 Å². The quantitative estimate of drug-likeness (QED) is 0.798. The summed E-state index contributed by atoms with van der Waals surface area (Å²) in [5, 5.41) is 3.37. The number of likely N-dealkylation sites (N-methyl/N-ethyl adjacent to an activating group) is 1. The van der Waals surface area contributed by atoms with Gasteiger partial charge in [0.15, 0.2) is 0 Å². The topological polar surface area (TPSA) is 38.8 Å². The van der Waals surface area contributed by atoms with E-state index in [-0.39, 0.29) is 5.54 Å². The summed E-state index contributed by atoms with van der Waals surface area (Å²) in [7, 11) is 2.23. The zero-order valence-electron chi connectivity index (χ0n) is 13.8. The lowest BCUT2D eigenvalue weighted by atomic mass is 9.98. The van der Waals surface area contributed by atoms with E-state index in [0.29, 0.717) is 18.0 Å². The Balaban J connectivity index is 1.69. The SMILES string of the molecule is CN1C2CCC1CN(C(=O)C(C)(C)N1CCNCC1)CC2. The van der Waals surface area contributed by atoms with Crippen LogP contribution in [0.2, 0.25) is 0 Å². The molecule has 21 heavy (non-hydrogen) atoms. The Bertz CT molecular complexity index is 392. The van der Waals surface area contributed by atoms with Gasteiger partial charge >= 0.3 is 0 Å². The summed E-state index contributed by atoms with van der Waals surface area (Å²) in [6.07, 6.45) is 3.69. The van der Waals surface area contributed by atoms with Crippen LogP contribution >= 0.6 is 0 Å². The van der Waals surface area contributed by atoms with E-state index in [1.54, 1.807) is 0 Å². The van der Waals surface area contributed by atoms with Gasteiger partial charge in [-0.1, -0.05) is 0 Å². The Kier molecular flexibility index (Phi) is 4.26. The van der Waals surface area contributed by atoms with Crippen LogP contribution in [0.15, 0.2) is 0 Å². The number of likely N-dealkylation sites (tertiary alicyclic amines) is 1. The summed E-state index contributed by atoms with van der Waals surface area (Å²) in [5.74, 6) is 0.324. The molecule has 2 atom stereocenters. The van der Waals surface area contributed by atoms with Gasteiger partial charge in [-0.15, -0.1) is 0 Å². The Morgan fingerprint density at radius 2 is 1.71 bits per heavy atom. The van der Waals surface area contributed by atoms with Crippen LogP contribution in [0.1, 0.15) is 33.1 Å². The minimum absolute atomic E-state index is 0.324. The highest BCUT2D eigenvalue weighted by molar-refractivity contribution is 5.85. The molecule has 0 aromatic rings. The predicted octanol–water partition coefficient (Wildman–Crippen LogP) is 0.365. The van der Waals surface area contributed by atoms with E-state index in [1.165, 1.54) is 12.8 Å². The minimum Gasteiger partial charge on any atom is -0.339 e. The van der Waals surface area contributed by atoms with Crippen LogP contribution < -0.4 is 5.32 Å². The predicted molar refractivity (Wildman–Crippen MR) is 84.3 cm³/mol. The number of nitrogens with one attached hydrogen (secondary N) is 1. The van der Waals surface area contributed by atoms with Crippen molar-refractivity contribution in [2.75, 3.05) is 46.3 Å². The molecule has 0 radical (unpaired) electrons. The summed E-state index contributed by atoms with van der Waals surface area (Å²) in [4.78, 5) is 20.1. The number of amides is 1. The molecular weight excluding hydrogens is 264 g/mol. The molecule has 0 aliphatic carbocycles. The van der Waals surface area contributed by atoms with Crippen molar-refractivity contribution in [3.05, 3.63) is 0 Å². The number of carbonyl (C=O) groups is 1. The van der Waals surface area contributed by atoms with E-state index >= 15 is 0 Å². The third-order valence-electron chi connectivity index (χ3n) is 5.87. The summed E-state index contributed by atoms with van der Waals surface area (Å²) in [6, 6.07) is 1.26. The third kappa shape index (κ3) is 2.83. The Hall–Kier alpha value is -0.650. The lowest BCUT2D eigenvalue weighted by molar-refractivity contribution is -0.143. The fourth-order valence-corrected chi connectivity index (χ4v) is 4.24. The molecule has 2 bridgehead atoms. The van der Waals surface area contributed by atoms with Crippen LogP contribution in [0.3, 0.4) is 0 Å². The van der Waals surface area contributed by atoms with Gasteiger partial charge in [0.2, 0.25) is 5.91 Å². The molecule has 0 spiro atoms. The summed E-state index contributed by atoms with van der Waals surface area (Å²) < 4.78 is 0. The minimum atomic E-state index is -0.371. The van der Waals surface area contributed by atoms with Crippen molar-refractivity contribution in [3.63, 3.8) is 0 Å². The van der Waals surface area contributed by atoms with Crippen molar-refractivity contribution in [2.45, 2.75) is 50.7 Å². The average Bonchev–Trinajstić information content (AvgIpc) is 2.72. The van der Waals surface area contributed by atoms with Crippen LogP contribution in [0.4, 0.5) is 0 Å². The number of hydrogen-bond acceptors (Lipinski definition) is 4. The van der Waals surface area contributed by atoms with Gasteiger partial charge in [-0.25, -0.2) is 0 Å². The molecule has 1 N–H and O–H groups in total. The summed E-state index contributed by atoms with van der Waals surface area (Å²) in [6.45, 7) is 9.98. The van der Waals surface area contributed by atoms with Crippen LogP contribution in [0.5, 0.6) is 0 Å². The third-order valence-corrected chi connectivity index (χ3v) is 5.87. The summed E-state index contributed by atoms with van der Waals surface area (Å²) in [5.41, 5.74) is -0.371. The molecule has 3 heterocycles. The lowest BCUT2D eigenvalue weighted by Crippen LogP contribution is -2.61. The van der Waals surface area contributed by atoms with Gasteiger partial charge in [-0.05, 0) is 40.2 Å². The maximum Gasteiger partial charge on any atom is 0.242 e. The van der Waals surface area contributed by atoms with E-state index < -0.39 is 0 Å². The first-order valence-corrected chi connectivity index (χ1v) is 8.47. The highest BCUT2D eigenvalue weighted by Gasteiger charge is 2.42. The second-order valence-electron chi connectivity index (χ2n) is 7.39. The van der Waals surface area contributed by atoms with Crippen molar-refractivity contribution >= 4 is 5.91 Å². The maximum atomic E-state index is 13.1. The molecule has 0 aromatic carbocycles. The van der Waals surface area contributed by atoms with Crippen molar-refractivity contribution < 1.29 is 4.79 Å². The Morgan fingerprint density at radius 3 is 2.43 bits per heavy atom. The first-order valence-electron chi connectivity index (χ1n) is 8.47. The standard InChI is InChI=1S/C16H30N4O/c1-16(2,20-10-7-17-8-11-20)15(21)19-9-6-13-4-5-14(12-19)18(13)3/h13-14,17H,4-12H2,1-3H3. The average molecular weight is 294 g/mol. The van der Waals surface area contributed by atoms with E-state index in [1.807, 2.05) is 0 Å². The van der Waals surface area contributed by atoms with Gasteiger partial charge in [0.05, 0.1) is 5.54 Å². The number of hydrogen-bond donors (Lipinski definition) is 1. The molecule has 3 fully saturated rings. The normalized spacial score (nSPS) is 32.2. The van der Waals surface area contributed by atoms with Crippen molar-refractivity contribution in [3.8, 4) is 0 Å². The van der Waals surface area contributed by atoms with Gasteiger partial charge in [-0.3, -0.25) is 14.6 Å².